The number of hydrogen-bond donors (Lipinski definition) is 1. The number of pyridine rings is 1. The molecule has 0 radical (unpaired) electrons. The molecule has 15 heavy (non-hydrogen) atoms. The van der Waals surface area contributed by atoms with Crippen molar-refractivity contribution in [3.05, 3.63) is 23.9 Å². The molecule has 0 spiro atoms. The standard InChI is InChI=1S/C11H18N2OS/c1-3-10(12)8-15-7-9-5-4-6-13-11(9)14-2/h4-6,10H,3,7-8,12H2,1-2H3. The molecule has 1 unspecified atom stereocenters. The van der Waals surface area contributed by atoms with Gasteiger partial charge < -0.3 is 10.5 Å². The molecule has 2 N–H and O–H groups in total. The number of hydrogen-bond acceptors (Lipinski definition) is 4. The van der Waals surface area contributed by atoms with E-state index in [1.165, 1.54) is 0 Å². The molecule has 0 fully saturated rings. The van der Waals surface area contributed by atoms with E-state index >= 15 is 0 Å². The van der Waals surface area contributed by atoms with E-state index in [-0.39, 0.29) is 6.04 Å². The van der Waals surface area contributed by atoms with E-state index in [2.05, 4.69) is 11.9 Å². The second-order valence-corrected chi connectivity index (χ2v) is 4.39. The van der Waals surface area contributed by atoms with Crippen LogP contribution in [0.1, 0.15) is 18.9 Å². The molecule has 1 rings (SSSR count). The maximum atomic E-state index is 5.84. The van der Waals surface area contributed by atoms with Gasteiger partial charge in [0.2, 0.25) is 5.88 Å². The van der Waals surface area contributed by atoms with E-state index < -0.39 is 0 Å². The lowest BCUT2D eigenvalue weighted by atomic mass is 10.3. The summed E-state index contributed by atoms with van der Waals surface area (Å²) in [5.41, 5.74) is 6.97. The van der Waals surface area contributed by atoms with Gasteiger partial charge >= 0.3 is 0 Å². The fraction of sp³-hybridized carbons (Fsp3) is 0.545. The van der Waals surface area contributed by atoms with Crippen molar-refractivity contribution in [3.8, 4) is 5.88 Å². The summed E-state index contributed by atoms with van der Waals surface area (Å²) in [7, 11) is 1.65. The summed E-state index contributed by atoms with van der Waals surface area (Å²) in [5, 5.41) is 0. The van der Waals surface area contributed by atoms with Crippen LogP contribution in [-0.4, -0.2) is 23.9 Å². The van der Waals surface area contributed by atoms with E-state index in [4.69, 9.17) is 10.5 Å². The summed E-state index contributed by atoms with van der Waals surface area (Å²) in [4.78, 5) is 4.15. The molecule has 1 atom stereocenters. The van der Waals surface area contributed by atoms with Crippen molar-refractivity contribution in [2.24, 2.45) is 5.73 Å². The molecule has 0 aliphatic heterocycles. The van der Waals surface area contributed by atoms with Crippen molar-refractivity contribution in [1.29, 1.82) is 0 Å². The van der Waals surface area contributed by atoms with Crippen molar-refractivity contribution < 1.29 is 4.74 Å². The van der Waals surface area contributed by atoms with Gasteiger partial charge in [0.25, 0.3) is 0 Å². The molecule has 0 saturated carbocycles. The Morgan fingerprint density at radius 2 is 2.40 bits per heavy atom. The van der Waals surface area contributed by atoms with Gasteiger partial charge in [-0.2, -0.15) is 11.8 Å². The van der Waals surface area contributed by atoms with Gasteiger partial charge in [-0.1, -0.05) is 13.0 Å². The molecule has 1 aromatic rings. The first-order chi connectivity index (χ1) is 7.27. The van der Waals surface area contributed by atoms with Gasteiger partial charge in [0.05, 0.1) is 7.11 Å². The number of methoxy groups -OCH3 is 1. The van der Waals surface area contributed by atoms with Crippen molar-refractivity contribution in [2.45, 2.75) is 25.1 Å². The minimum absolute atomic E-state index is 0.290. The predicted octanol–water partition coefficient (Wildman–Crippen LogP) is 2.06. The minimum Gasteiger partial charge on any atom is -0.481 e. The van der Waals surface area contributed by atoms with Crippen LogP contribution in [0.15, 0.2) is 18.3 Å². The largest absolute Gasteiger partial charge is 0.481 e. The van der Waals surface area contributed by atoms with E-state index in [1.807, 2.05) is 23.9 Å². The fourth-order valence-corrected chi connectivity index (χ4v) is 2.25. The Bertz CT molecular complexity index is 294. The summed E-state index contributed by atoms with van der Waals surface area (Å²) in [6, 6.07) is 4.26. The summed E-state index contributed by atoms with van der Waals surface area (Å²) < 4.78 is 5.17. The molecule has 0 aliphatic carbocycles. The summed E-state index contributed by atoms with van der Waals surface area (Å²) in [6.45, 7) is 2.11. The maximum absolute atomic E-state index is 5.84. The summed E-state index contributed by atoms with van der Waals surface area (Å²) >= 11 is 1.82. The molecule has 1 heterocycles. The monoisotopic (exact) mass is 226 g/mol. The highest BCUT2D eigenvalue weighted by Gasteiger charge is 2.04. The van der Waals surface area contributed by atoms with Gasteiger partial charge in [0, 0.05) is 29.3 Å². The Balaban J connectivity index is 2.43. The van der Waals surface area contributed by atoms with E-state index in [0.717, 1.165) is 29.4 Å². The number of thioether (sulfide) groups is 1. The second-order valence-electron chi connectivity index (χ2n) is 3.36. The highest BCUT2D eigenvalue weighted by Crippen LogP contribution is 2.20. The zero-order valence-corrected chi connectivity index (χ0v) is 10.1. The van der Waals surface area contributed by atoms with Gasteiger partial charge in [0.15, 0.2) is 0 Å². The number of rotatable bonds is 6. The number of ether oxygens (including phenoxy) is 1. The molecule has 1 aromatic heterocycles. The van der Waals surface area contributed by atoms with Crippen LogP contribution < -0.4 is 10.5 Å². The molecule has 0 bridgehead atoms. The van der Waals surface area contributed by atoms with E-state index in [9.17, 15) is 0 Å². The molecule has 3 nitrogen and oxygen atoms in total. The van der Waals surface area contributed by atoms with Crippen molar-refractivity contribution >= 4 is 11.8 Å². The van der Waals surface area contributed by atoms with Crippen molar-refractivity contribution in [2.75, 3.05) is 12.9 Å². The zero-order chi connectivity index (χ0) is 11.1. The molecule has 4 heteroatoms. The predicted molar refractivity (Wildman–Crippen MR) is 65.2 cm³/mol. The van der Waals surface area contributed by atoms with Gasteiger partial charge in [0.1, 0.15) is 0 Å². The van der Waals surface area contributed by atoms with Gasteiger partial charge in [-0.25, -0.2) is 4.98 Å². The third-order valence-corrected chi connectivity index (χ3v) is 3.34. The number of nitrogens with two attached hydrogens (primary N) is 1. The lowest BCUT2D eigenvalue weighted by molar-refractivity contribution is 0.394. The number of nitrogens with zero attached hydrogens (tertiary/aromatic N) is 1. The lowest BCUT2D eigenvalue weighted by Crippen LogP contribution is -2.21. The molecular weight excluding hydrogens is 208 g/mol. The smallest absolute Gasteiger partial charge is 0.217 e. The van der Waals surface area contributed by atoms with Crippen molar-refractivity contribution in [3.63, 3.8) is 0 Å². The SMILES string of the molecule is CCC(N)CSCc1cccnc1OC. The number of aromatic nitrogens is 1. The van der Waals surface area contributed by atoms with Crippen LogP contribution in [0.2, 0.25) is 0 Å². The average molecular weight is 226 g/mol. The van der Waals surface area contributed by atoms with Gasteiger partial charge in [-0.05, 0) is 12.5 Å². The van der Waals surface area contributed by atoms with Crippen molar-refractivity contribution in [1.82, 2.24) is 4.98 Å². The van der Waals surface area contributed by atoms with Crippen LogP contribution in [-0.2, 0) is 5.75 Å². The molecular formula is C11H18N2OS. The van der Waals surface area contributed by atoms with E-state index in [1.54, 1.807) is 13.3 Å². The Morgan fingerprint density at radius 3 is 3.07 bits per heavy atom. The van der Waals surface area contributed by atoms with E-state index in [0.29, 0.717) is 0 Å². The minimum atomic E-state index is 0.290. The Labute approximate surface area is 95.4 Å². The first-order valence-corrected chi connectivity index (χ1v) is 6.24. The van der Waals surface area contributed by atoms with Gasteiger partial charge in [-0.3, -0.25) is 0 Å². The first kappa shape index (κ1) is 12.3. The first-order valence-electron chi connectivity index (χ1n) is 5.09. The molecule has 0 amide bonds. The maximum Gasteiger partial charge on any atom is 0.217 e. The Kier molecular flexibility index (Phi) is 5.50. The van der Waals surface area contributed by atoms with Crippen LogP contribution in [0, 0.1) is 0 Å². The van der Waals surface area contributed by atoms with Gasteiger partial charge in [-0.15, -0.1) is 0 Å². The van der Waals surface area contributed by atoms with Crippen LogP contribution in [0.4, 0.5) is 0 Å². The normalized spacial score (nSPS) is 12.5. The summed E-state index contributed by atoms with van der Waals surface area (Å²) in [5.74, 6) is 2.61. The highest BCUT2D eigenvalue weighted by atomic mass is 32.2. The second kappa shape index (κ2) is 6.69. The quantitative estimate of drug-likeness (QED) is 0.806. The summed E-state index contributed by atoms with van der Waals surface area (Å²) in [6.07, 6.45) is 2.77. The molecule has 84 valence electrons. The highest BCUT2D eigenvalue weighted by molar-refractivity contribution is 7.98. The zero-order valence-electron chi connectivity index (χ0n) is 9.27. The van der Waals surface area contributed by atoms with Crippen LogP contribution in [0.25, 0.3) is 0 Å². The Morgan fingerprint density at radius 1 is 1.60 bits per heavy atom. The lowest BCUT2D eigenvalue weighted by Gasteiger charge is -2.09. The topological polar surface area (TPSA) is 48.1 Å². The van der Waals surface area contributed by atoms with Crippen LogP contribution in [0.5, 0.6) is 5.88 Å². The molecule has 0 saturated heterocycles. The third-order valence-electron chi connectivity index (χ3n) is 2.16. The average Bonchev–Trinajstić information content (AvgIpc) is 2.29. The fourth-order valence-electron chi connectivity index (χ4n) is 1.16. The Hall–Kier alpha value is -0.740. The molecule has 0 aromatic carbocycles. The van der Waals surface area contributed by atoms with Crippen LogP contribution in [0.3, 0.4) is 0 Å². The molecule has 0 aliphatic rings. The third kappa shape index (κ3) is 4.10. The van der Waals surface area contributed by atoms with Crippen LogP contribution >= 0.6 is 11.8 Å².